The van der Waals surface area contributed by atoms with Gasteiger partial charge in [0.15, 0.2) is 9.84 Å². The lowest BCUT2D eigenvalue weighted by molar-refractivity contribution is -0.137. The van der Waals surface area contributed by atoms with Crippen molar-refractivity contribution in [2.24, 2.45) is 5.73 Å². The van der Waals surface area contributed by atoms with Gasteiger partial charge >= 0.3 is 5.97 Å². The van der Waals surface area contributed by atoms with E-state index in [4.69, 9.17) is 10.8 Å². The van der Waals surface area contributed by atoms with E-state index in [2.05, 4.69) is 0 Å². The number of sulfone groups is 2. The lowest BCUT2D eigenvalue weighted by Crippen LogP contribution is -2.38. The number of carboxylic acids is 1. The van der Waals surface area contributed by atoms with Crippen LogP contribution in [0.5, 0.6) is 0 Å². The minimum absolute atomic E-state index is 0.526. The van der Waals surface area contributed by atoms with Gasteiger partial charge in [-0.1, -0.05) is 0 Å². The Morgan fingerprint density at radius 2 is 1.73 bits per heavy atom. The Balaban J connectivity index is 4.40. The molecule has 0 aromatic heterocycles. The molecular formula is C6H13NO6S2. The molecule has 0 bridgehead atoms. The third kappa shape index (κ3) is 7.28. The van der Waals surface area contributed by atoms with Gasteiger partial charge in [0, 0.05) is 6.26 Å². The topological polar surface area (TPSA) is 132 Å². The van der Waals surface area contributed by atoms with Crippen molar-refractivity contribution in [3.63, 3.8) is 0 Å². The van der Waals surface area contributed by atoms with E-state index >= 15 is 0 Å². The number of nitrogens with two attached hydrogens (primary N) is 1. The minimum Gasteiger partial charge on any atom is -0.480 e. The monoisotopic (exact) mass is 259 g/mol. The zero-order chi connectivity index (χ0) is 12.3. The van der Waals surface area contributed by atoms with Crippen molar-refractivity contribution in [3.8, 4) is 0 Å². The molecule has 0 rings (SSSR count). The number of aliphatic carboxylic acids is 1. The van der Waals surface area contributed by atoms with Crippen LogP contribution in [0.1, 0.15) is 0 Å². The van der Waals surface area contributed by atoms with Crippen LogP contribution in [0.15, 0.2) is 0 Å². The van der Waals surface area contributed by atoms with Gasteiger partial charge in [0.1, 0.15) is 15.9 Å². The Kier molecular flexibility index (Phi) is 4.68. The first-order chi connectivity index (χ1) is 6.53. The van der Waals surface area contributed by atoms with Crippen LogP contribution in [0.3, 0.4) is 0 Å². The molecule has 0 aromatic rings. The maximum absolute atomic E-state index is 11.2. The average molecular weight is 259 g/mol. The number of carboxylic acid groups (broad SMARTS) is 1. The Bertz CT molecular complexity index is 423. The second kappa shape index (κ2) is 4.90. The Morgan fingerprint density at radius 3 is 2.07 bits per heavy atom. The van der Waals surface area contributed by atoms with Gasteiger partial charge in [-0.15, -0.1) is 0 Å². The number of carbonyl (C=O) groups is 1. The standard InChI is InChI=1S/C6H13NO6S2/c1-14(10,11)2-3-15(12,13)4-5(7)6(8)9/h5H,2-4,7H2,1H3,(H,8,9). The van der Waals surface area contributed by atoms with Crippen molar-refractivity contribution in [1.82, 2.24) is 0 Å². The summed E-state index contributed by atoms with van der Waals surface area (Å²) in [6.45, 7) is 0. The van der Waals surface area contributed by atoms with Crippen molar-refractivity contribution in [3.05, 3.63) is 0 Å². The van der Waals surface area contributed by atoms with Crippen LogP contribution in [-0.4, -0.2) is 57.5 Å². The van der Waals surface area contributed by atoms with Crippen LogP contribution in [-0.2, 0) is 24.5 Å². The molecule has 1 unspecified atom stereocenters. The lowest BCUT2D eigenvalue weighted by Gasteiger charge is -2.06. The molecule has 0 heterocycles. The van der Waals surface area contributed by atoms with Crippen LogP contribution in [0.25, 0.3) is 0 Å². The largest absolute Gasteiger partial charge is 0.480 e. The predicted octanol–water partition coefficient (Wildman–Crippen LogP) is -2.14. The van der Waals surface area contributed by atoms with E-state index in [1.54, 1.807) is 0 Å². The molecule has 1 atom stereocenters. The van der Waals surface area contributed by atoms with Crippen LogP contribution >= 0.6 is 0 Å². The molecule has 0 amide bonds. The summed E-state index contributed by atoms with van der Waals surface area (Å²) in [5.74, 6) is -3.32. The summed E-state index contributed by atoms with van der Waals surface area (Å²) in [5.41, 5.74) is 5.01. The fraction of sp³-hybridized carbons (Fsp3) is 0.833. The summed E-state index contributed by atoms with van der Waals surface area (Å²) in [4.78, 5) is 10.3. The highest BCUT2D eigenvalue weighted by Crippen LogP contribution is 1.96. The smallest absolute Gasteiger partial charge is 0.321 e. The van der Waals surface area contributed by atoms with Crippen molar-refractivity contribution >= 4 is 25.6 Å². The van der Waals surface area contributed by atoms with E-state index in [1.165, 1.54) is 0 Å². The second-order valence-electron chi connectivity index (χ2n) is 3.19. The molecule has 0 spiro atoms. The van der Waals surface area contributed by atoms with Gasteiger partial charge in [-0.05, 0) is 0 Å². The molecule has 0 saturated carbocycles. The van der Waals surface area contributed by atoms with E-state index in [0.717, 1.165) is 6.26 Å². The number of hydrogen-bond donors (Lipinski definition) is 2. The maximum atomic E-state index is 11.2. The normalized spacial score (nSPS) is 14.8. The van der Waals surface area contributed by atoms with Crippen molar-refractivity contribution in [2.45, 2.75) is 6.04 Å². The quantitative estimate of drug-likeness (QED) is 0.556. The Hall–Kier alpha value is -0.670. The fourth-order valence-electron chi connectivity index (χ4n) is 0.707. The third-order valence-electron chi connectivity index (χ3n) is 1.52. The summed E-state index contributed by atoms with van der Waals surface area (Å²) in [6, 6.07) is -1.52. The Labute approximate surface area is 88.1 Å². The highest BCUT2D eigenvalue weighted by molar-refractivity contribution is 7.94. The van der Waals surface area contributed by atoms with Gasteiger partial charge in [-0.3, -0.25) is 4.79 Å². The first kappa shape index (κ1) is 14.3. The van der Waals surface area contributed by atoms with Gasteiger partial charge < -0.3 is 10.8 Å². The van der Waals surface area contributed by atoms with E-state index in [0.29, 0.717) is 0 Å². The molecule has 15 heavy (non-hydrogen) atoms. The molecule has 90 valence electrons. The van der Waals surface area contributed by atoms with Gasteiger partial charge in [0.2, 0.25) is 0 Å². The molecule has 0 fully saturated rings. The number of rotatable bonds is 6. The van der Waals surface area contributed by atoms with E-state index < -0.39 is 48.9 Å². The van der Waals surface area contributed by atoms with E-state index in [9.17, 15) is 21.6 Å². The van der Waals surface area contributed by atoms with Crippen molar-refractivity contribution < 1.29 is 26.7 Å². The molecule has 0 aromatic carbocycles. The summed E-state index contributed by atoms with van der Waals surface area (Å²) in [5, 5.41) is 8.37. The highest BCUT2D eigenvalue weighted by atomic mass is 32.2. The zero-order valence-electron chi connectivity index (χ0n) is 8.08. The summed E-state index contributed by atoms with van der Waals surface area (Å²) in [7, 11) is -7.12. The van der Waals surface area contributed by atoms with Gasteiger partial charge in [0.05, 0.1) is 17.3 Å². The molecule has 7 nitrogen and oxygen atoms in total. The summed E-state index contributed by atoms with van der Waals surface area (Å²) < 4.78 is 43.7. The molecule has 0 aliphatic heterocycles. The van der Waals surface area contributed by atoms with Crippen LogP contribution in [0.2, 0.25) is 0 Å². The van der Waals surface area contributed by atoms with Crippen LogP contribution in [0, 0.1) is 0 Å². The molecule has 0 radical (unpaired) electrons. The van der Waals surface area contributed by atoms with Gasteiger partial charge in [-0.2, -0.15) is 0 Å². The van der Waals surface area contributed by atoms with E-state index in [1.807, 2.05) is 0 Å². The summed E-state index contributed by atoms with van der Waals surface area (Å²) in [6.07, 6.45) is 0.902. The third-order valence-corrected chi connectivity index (χ3v) is 4.41. The molecule has 3 N–H and O–H groups in total. The molecule has 0 aliphatic carbocycles. The average Bonchev–Trinajstić information content (AvgIpc) is 1.99. The second-order valence-corrected chi connectivity index (χ2v) is 7.68. The van der Waals surface area contributed by atoms with Crippen LogP contribution in [0.4, 0.5) is 0 Å². The molecule has 0 aliphatic rings. The molecule has 0 saturated heterocycles. The van der Waals surface area contributed by atoms with Crippen molar-refractivity contribution in [2.75, 3.05) is 23.5 Å². The molecular weight excluding hydrogens is 246 g/mol. The highest BCUT2D eigenvalue weighted by Gasteiger charge is 2.22. The van der Waals surface area contributed by atoms with Crippen LogP contribution < -0.4 is 5.73 Å². The SMILES string of the molecule is CS(=O)(=O)CCS(=O)(=O)CC(N)C(=O)O. The fourth-order valence-corrected chi connectivity index (χ4v) is 3.79. The predicted molar refractivity (Wildman–Crippen MR) is 54.0 cm³/mol. The lowest BCUT2D eigenvalue weighted by atomic mass is 10.4. The maximum Gasteiger partial charge on any atom is 0.321 e. The van der Waals surface area contributed by atoms with Gasteiger partial charge in [-0.25, -0.2) is 16.8 Å². The van der Waals surface area contributed by atoms with Crippen molar-refractivity contribution in [1.29, 1.82) is 0 Å². The van der Waals surface area contributed by atoms with Gasteiger partial charge in [0.25, 0.3) is 0 Å². The summed E-state index contributed by atoms with van der Waals surface area (Å²) >= 11 is 0. The minimum atomic E-state index is -3.74. The first-order valence-corrected chi connectivity index (χ1v) is 7.78. The first-order valence-electron chi connectivity index (χ1n) is 3.90. The zero-order valence-corrected chi connectivity index (χ0v) is 9.71. The van der Waals surface area contributed by atoms with E-state index in [-0.39, 0.29) is 0 Å². The Morgan fingerprint density at radius 1 is 1.27 bits per heavy atom. The number of hydrogen-bond acceptors (Lipinski definition) is 6. The molecule has 9 heteroatoms.